The minimum absolute atomic E-state index is 0. The zero-order valence-corrected chi connectivity index (χ0v) is 16.2. The summed E-state index contributed by atoms with van der Waals surface area (Å²) in [7, 11) is 0. The SMILES string of the molecule is CCCCC(=O)[O-].CCCCC(=O)[O-].CCCCC(=O)[O-].[Os]. The zero-order chi connectivity index (χ0) is 17.1. The van der Waals surface area contributed by atoms with Crippen molar-refractivity contribution in [2.45, 2.75) is 78.6 Å². The van der Waals surface area contributed by atoms with E-state index in [1.54, 1.807) is 0 Å². The average molecular weight is 494 g/mol. The van der Waals surface area contributed by atoms with Crippen LogP contribution in [0.15, 0.2) is 0 Å². The normalized spacial score (nSPS) is 8.32. The van der Waals surface area contributed by atoms with E-state index in [0.717, 1.165) is 38.5 Å². The van der Waals surface area contributed by atoms with Crippen molar-refractivity contribution >= 4 is 17.9 Å². The van der Waals surface area contributed by atoms with Crippen LogP contribution in [-0.4, -0.2) is 17.9 Å². The van der Waals surface area contributed by atoms with E-state index in [-0.39, 0.29) is 39.1 Å². The number of unbranched alkanes of at least 4 members (excludes halogenated alkanes) is 3. The van der Waals surface area contributed by atoms with Gasteiger partial charge in [-0.1, -0.05) is 40.0 Å². The molecule has 0 aromatic rings. The van der Waals surface area contributed by atoms with Crippen LogP contribution in [0.3, 0.4) is 0 Å². The molecule has 0 N–H and O–H groups in total. The maximum absolute atomic E-state index is 9.65. The van der Waals surface area contributed by atoms with Crippen LogP contribution in [0.2, 0.25) is 0 Å². The summed E-state index contributed by atoms with van der Waals surface area (Å²) < 4.78 is 0. The van der Waals surface area contributed by atoms with Gasteiger partial charge in [-0.15, -0.1) is 0 Å². The molecule has 0 aromatic carbocycles. The van der Waals surface area contributed by atoms with Crippen LogP contribution in [0.5, 0.6) is 0 Å². The molecule has 0 saturated heterocycles. The summed E-state index contributed by atoms with van der Waals surface area (Å²) in [5.74, 6) is -2.83. The van der Waals surface area contributed by atoms with Gasteiger partial charge in [-0.3, -0.25) is 0 Å². The molecule has 0 aliphatic rings. The molecule has 0 aromatic heterocycles. The maximum Gasteiger partial charge on any atom is 0.0414 e. The monoisotopic (exact) mass is 495 g/mol. The van der Waals surface area contributed by atoms with Gasteiger partial charge in [-0.25, -0.2) is 0 Å². The van der Waals surface area contributed by atoms with Gasteiger partial charge in [0, 0.05) is 37.7 Å². The molecule has 0 atom stereocenters. The standard InChI is InChI=1S/3C5H10O2.Os/c3*1-2-3-4-5(6)7;/h3*2-4H2,1H3,(H,6,7);/p-3. The topological polar surface area (TPSA) is 120 Å². The van der Waals surface area contributed by atoms with Crippen LogP contribution in [0.25, 0.3) is 0 Å². The Balaban J connectivity index is -0.000000108. The van der Waals surface area contributed by atoms with Crippen LogP contribution in [-0.2, 0) is 34.2 Å². The van der Waals surface area contributed by atoms with Crippen LogP contribution in [0.1, 0.15) is 78.6 Å². The van der Waals surface area contributed by atoms with Gasteiger partial charge >= 0.3 is 0 Å². The van der Waals surface area contributed by atoms with Crippen LogP contribution in [0.4, 0.5) is 0 Å². The van der Waals surface area contributed by atoms with E-state index in [2.05, 4.69) is 0 Å². The molecule has 6 nitrogen and oxygen atoms in total. The first kappa shape index (κ1) is 29.1. The van der Waals surface area contributed by atoms with E-state index in [9.17, 15) is 29.7 Å². The summed E-state index contributed by atoms with van der Waals surface area (Å²) in [4.78, 5) is 28.9. The fourth-order valence-electron chi connectivity index (χ4n) is 0.963. The molecule has 0 rings (SSSR count). The van der Waals surface area contributed by atoms with Gasteiger partial charge in [-0.05, 0) is 38.5 Å². The molecule has 0 amide bonds. The van der Waals surface area contributed by atoms with Gasteiger partial charge < -0.3 is 29.7 Å². The van der Waals surface area contributed by atoms with Crippen molar-refractivity contribution in [1.29, 1.82) is 0 Å². The fourth-order valence-corrected chi connectivity index (χ4v) is 0.963. The van der Waals surface area contributed by atoms with Crippen LogP contribution >= 0.6 is 0 Å². The molecule has 0 saturated carbocycles. The minimum Gasteiger partial charge on any atom is -0.550 e. The molecule has 22 heavy (non-hydrogen) atoms. The summed E-state index contributed by atoms with van der Waals surface area (Å²) in [5.41, 5.74) is 0. The van der Waals surface area contributed by atoms with Crippen molar-refractivity contribution in [2.24, 2.45) is 0 Å². The second kappa shape index (κ2) is 25.0. The minimum atomic E-state index is -0.943. The Morgan fingerprint density at radius 1 is 0.591 bits per heavy atom. The average Bonchev–Trinajstić information content (AvgIpc) is 2.41. The Morgan fingerprint density at radius 2 is 0.773 bits per heavy atom. The van der Waals surface area contributed by atoms with Crippen LogP contribution < -0.4 is 15.3 Å². The van der Waals surface area contributed by atoms with Gasteiger partial charge in [0.25, 0.3) is 0 Å². The van der Waals surface area contributed by atoms with Crippen molar-refractivity contribution in [2.75, 3.05) is 0 Å². The van der Waals surface area contributed by atoms with Crippen molar-refractivity contribution in [3.63, 3.8) is 0 Å². The van der Waals surface area contributed by atoms with Crippen molar-refractivity contribution in [1.82, 2.24) is 0 Å². The summed E-state index contributed by atoms with van der Waals surface area (Å²) in [6.07, 6.45) is 5.60. The Bertz CT molecular complexity index is 226. The quantitative estimate of drug-likeness (QED) is 0.438. The summed E-state index contributed by atoms with van der Waals surface area (Å²) in [6.45, 7) is 5.84. The van der Waals surface area contributed by atoms with Crippen molar-refractivity contribution in [3.05, 3.63) is 0 Å². The Morgan fingerprint density at radius 3 is 0.818 bits per heavy atom. The van der Waals surface area contributed by atoms with Gasteiger partial charge in [0.2, 0.25) is 0 Å². The third kappa shape index (κ3) is 50.8. The third-order valence-electron chi connectivity index (χ3n) is 2.20. The Hall–Kier alpha value is -0.954. The smallest absolute Gasteiger partial charge is 0.0414 e. The van der Waals surface area contributed by atoms with Gasteiger partial charge in [-0.2, -0.15) is 0 Å². The third-order valence-corrected chi connectivity index (χ3v) is 2.20. The molecule has 0 bridgehead atoms. The number of rotatable bonds is 9. The Labute approximate surface area is 146 Å². The van der Waals surface area contributed by atoms with E-state index in [1.807, 2.05) is 20.8 Å². The number of hydrogen-bond donors (Lipinski definition) is 0. The molecular formula is C15H27O6Os-3. The molecule has 0 radical (unpaired) electrons. The second-order valence-electron chi connectivity index (χ2n) is 4.43. The van der Waals surface area contributed by atoms with Gasteiger partial charge in [0.05, 0.1) is 0 Å². The molecule has 0 fully saturated rings. The molecule has 0 spiro atoms. The first-order valence-electron chi connectivity index (χ1n) is 7.41. The van der Waals surface area contributed by atoms with E-state index >= 15 is 0 Å². The Kier molecular flexibility index (Phi) is 33.1. The summed E-state index contributed by atoms with van der Waals surface area (Å²) in [6, 6.07) is 0. The maximum atomic E-state index is 9.65. The predicted molar refractivity (Wildman–Crippen MR) is 73.6 cm³/mol. The first-order valence-corrected chi connectivity index (χ1v) is 7.41. The summed E-state index contributed by atoms with van der Waals surface area (Å²) in [5, 5.41) is 28.9. The number of carboxylic acids is 3. The van der Waals surface area contributed by atoms with E-state index in [4.69, 9.17) is 0 Å². The largest absolute Gasteiger partial charge is 0.550 e. The summed E-state index contributed by atoms with van der Waals surface area (Å²) >= 11 is 0. The number of aliphatic carboxylic acids is 3. The molecule has 0 unspecified atom stereocenters. The van der Waals surface area contributed by atoms with Crippen LogP contribution in [0, 0.1) is 0 Å². The molecular weight excluding hydrogens is 466 g/mol. The fraction of sp³-hybridized carbons (Fsp3) is 0.800. The molecule has 0 aliphatic heterocycles. The molecule has 0 aliphatic carbocycles. The number of carbonyl (C=O) groups excluding carboxylic acids is 3. The molecule has 134 valence electrons. The van der Waals surface area contributed by atoms with Crippen molar-refractivity contribution < 1.29 is 49.5 Å². The van der Waals surface area contributed by atoms with Gasteiger partial charge in [0.15, 0.2) is 0 Å². The van der Waals surface area contributed by atoms with Crippen molar-refractivity contribution in [3.8, 4) is 0 Å². The zero-order valence-electron chi connectivity index (χ0n) is 13.7. The first-order chi connectivity index (χ1) is 9.81. The van der Waals surface area contributed by atoms with E-state index < -0.39 is 17.9 Å². The van der Waals surface area contributed by atoms with Gasteiger partial charge in [0.1, 0.15) is 0 Å². The van der Waals surface area contributed by atoms with E-state index in [0.29, 0.717) is 0 Å². The number of hydrogen-bond acceptors (Lipinski definition) is 6. The molecule has 7 heteroatoms. The predicted octanol–water partition coefficient (Wildman–Crippen LogP) is -0.223. The number of carboxylic acid groups (broad SMARTS) is 3. The van der Waals surface area contributed by atoms with E-state index in [1.165, 1.54) is 0 Å². The second-order valence-corrected chi connectivity index (χ2v) is 4.43. The molecule has 0 heterocycles. The number of carbonyl (C=O) groups is 3.